The Kier molecular flexibility index (Phi) is 6.75. The van der Waals surface area contributed by atoms with Crippen LogP contribution in [-0.4, -0.2) is 52.3 Å². The van der Waals surface area contributed by atoms with Crippen molar-refractivity contribution >= 4 is 5.91 Å². The molecule has 0 spiro atoms. The molecule has 2 heterocycles. The number of hydrogen-bond acceptors (Lipinski definition) is 5. The molecule has 4 rings (SSSR count). The van der Waals surface area contributed by atoms with Crippen LogP contribution in [0.3, 0.4) is 0 Å². The third kappa shape index (κ3) is 5.11. The lowest BCUT2D eigenvalue weighted by molar-refractivity contribution is 0.0954. The van der Waals surface area contributed by atoms with Crippen LogP contribution in [0.2, 0.25) is 0 Å². The molecule has 32 heavy (non-hydrogen) atoms. The molecule has 0 saturated heterocycles. The highest BCUT2D eigenvalue weighted by atomic mass is 19.1. The minimum atomic E-state index is -0.572. The van der Waals surface area contributed by atoms with Gasteiger partial charge in [0.15, 0.2) is 0 Å². The SMILES string of the molecule is COc1ccc(C(=O)NCCc2nnc3n2CCN(Cc2ccc(F)cc2F)CC3)cc1. The van der Waals surface area contributed by atoms with E-state index in [1.165, 1.54) is 12.1 Å². The summed E-state index contributed by atoms with van der Waals surface area (Å²) in [6.07, 6.45) is 1.25. The summed E-state index contributed by atoms with van der Waals surface area (Å²) in [5, 5.41) is 11.5. The van der Waals surface area contributed by atoms with Gasteiger partial charge in [-0.3, -0.25) is 9.69 Å². The van der Waals surface area contributed by atoms with E-state index in [0.29, 0.717) is 62.4 Å². The zero-order valence-electron chi connectivity index (χ0n) is 17.9. The van der Waals surface area contributed by atoms with Crippen molar-refractivity contribution < 1.29 is 18.3 Å². The molecule has 2 aromatic carbocycles. The number of rotatable bonds is 7. The number of carbonyl (C=O) groups excluding carboxylic acids is 1. The van der Waals surface area contributed by atoms with Crippen LogP contribution >= 0.6 is 0 Å². The summed E-state index contributed by atoms with van der Waals surface area (Å²) in [6.45, 7) is 2.94. The maximum atomic E-state index is 14.0. The summed E-state index contributed by atoms with van der Waals surface area (Å²) in [6, 6.07) is 10.6. The number of halogens is 2. The fraction of sp³-hybridized carbons (Fsp3) is 0.348. The van der Waals surface area contributed by atoms with Crippen molar-refractivity contribution in [2.45, 2.75) is 25.9 Å². The summed E-state index contributed by atoms with van der Waals surface area (Å²) in [5.41, 5.74) is 1.04. The van der Waals surface area contributed by atoms with Crippen LogP contribution in [0.15, 0.2) is 42.5 Å². The number of nitrogens with zero attached hydrogens (tertiary/aromatic N) is 4. The Morgan fingerprint density at radius 2 is 1.91 bits per heavy atom. The van der Waals surface area contributed by atoms with Crippen LogP contribution in [0, 0.1) is 11.6 Å². The molecule has 3 aromatic rings. The average Bonchev–Trinajstić information content (AvgIpc) is 3.07. The Balaban J connectivity index is 1.31. The minimum Gasteiger partial charge on any atom is -0.497 e. The third-order valence-electron chi connectivity index (χ3n) is 5.59. The van der Waals surface area contributed by atoms with E-state index in [0.717, 1.165) is 17.7 Å². The van der Waals surface area contributed by atoms with Gasteiger partial charge in [-0.15, -0.1) is 10.2 Å². The van der Waals surface area contributed by atoms with E-state index in [4.69, 9.17) is 4.74 Å². The number of carbonyl (C=O) groups is 1. The molecule has 1 aromatic heterocycles. The molecule has 7 nitrogen and oxygen atoms in total. The van der Waals surface area contributed by atoms with E-state index in [1.54, 1.807) is 31.4 Å². The lowest BCUT2D eigenvalue weighted by atomic mass is 10.2. The molecule has 0 aliphatic carbocycles. The van der Waals surface area contributed by atoms with Gasteiger partial charge in [-0.25, -0.2) is 8.78 Å². The predicted octanol–water partition coefficient (Wildman–Crippen LogP) is 2.60. The Hall–Kier alpha value is -3.33. The second-order valence-corrected chi connectivity index (χ2v) is 7.68. The van der Waals surface area contributed by atoms with Crippen LogP contribution < -0.4 is 10.1 Å². The number of benzene rings is 2. The van der Waals surface area contributed by atoms with Crippen molar-refractivity contribution in [3.05, 3.63) is 76.9 Å². The number of nitrogens with one attached hydrogen (secondary N) is 1. The van der Waals surface area contributed by atoms with Crippen molar-refractivity contribution in [3.63, 3.8) is 0 Å². The summed E-state index contributed by atoms with van der Waals surface area (Å²) < 4.78 is 34.3. The number of hydrogen-bond donors (Lipinski definition) is 1. The van der Waals surface area contributed by atoms with Crippen LogP contribution in [0.1, 0.15) is 27.6 Å². The van der Waals surface area contributed by atoms with Crippen LogP contribution in [0.5, 0.6) is 5.75 Å². The molecule has 0 saturated carbocycles. The number of ether oxygens (including phenoxy) is 1. The van der Waals surface area contributed by atoms with Gasteiger partial charge < -0.3 is 14.6 Å². The van der Waals surface area contributed by atoms with E-state index >= 15 is 0 Å². The van der Waals surface area contributed by atoms with Gasteiger partial charge >= 0.3 is 0 Å². The number of fused-ring (bicyclic) bond motifs is 1. The fourth-order valence-corrected chi connectivity index (χ4v) is 3.79. The van der Waals surface area contributed by atoms with Crippen molar-refractivity contribution in [1.82, 2.24) is 25.0 Å². The Morgan fingerprint density at radius 1 is 1.09 bits per heavy atom. The summed E-state index contributed by atoms with van der Waals surface area (Å²) in [7, 11) is 1.58. The maximum Gasteiger partial charge on any atom is 0.251 e. The maximum absolute atomic E-state index is 14.0. The van der Waals surface area contributed by atoms with Crippen molar-refractivity contribution in [2.24, 2.45) is 0 Å². The molecule has 0 atom stereocenters. The van der Waals surface area contributed by atoms with E-state index in [9.17, 15) is 13.6 Å². The first kappa shape index (κ1) is 21.9. The molecule has 168 valence electrons. The van der Waals surface area contributed by atoms with Gasteiger partial charge in [-0.05, 0) is 30.3 Å². The minimum absolute atomic E-state index is 0.157. The van der Waals surface area contributed by atoms with Gasteiger partial charge in [0.1, 0.15) is 29.0 Å². The molecule has 1 aliphatic heterocycles. The van der Waals surface area contributed by atoms with Crippen molar-refractivity contribution in [2.75, 3.05) is 26.7 Å². The van der Waals surface area contributed by atoms with Gasteiger partial charge in [-0.1, -0.05) is 6.07 Å². The average molecular weight is 441 g/mol. The van der Waals surface area contributed by atoms with Gasteiger partial charge in [0, 0.05) is 62.8 Å². The predicted molar refractivity (Wildman–Crippen MR) is 114 cm³/mol. The lowest BCUT2D eigenvalue weighted by Crippen LogP contribution is -2.28. The van der Waals surface area contributed by atoms with Crippen LogP contribution in [0.25, 0.3) is 0 Å². The normalized spacial score (nSPS) is 14.0. The molecule has 0 unspecified atom stereocenters. The number of amides is 1. The molecule has 1 aliphatic rings. The van der Waals surface area contributed by atoms with Gasteiger partial charge in [0.25, 0.3) is 5.91 Å². The summed E-state index contributed by atoms with van der Waals surface area (Å²) in [5.74, 6) is 1.13. The first-order chi connectivity index (χ1) is 15.5. The fourth-order valence-electron chi connectivity index (χ4n) is 3.79. The molecule has 0 bridgehead atoms. The largest absolute Gasteiger partial charge is 0.497 e. The van der Waals surface area contributed by atoms with Crippen molar-refractivity contribution in [3.8, 4) is 5.75 Å². The second kappa shape index (κ2) is 9.86. The number of aromatic nitrogens is 3. The molecule has 0 fully saturated rings. The molecular weight excluding hydrogens is 416 g/mol. The summed E-state index contributed by atoms with van der Waals surface area (Å²) >= 11 is 0. The van der Waals surface area contributed by atoms with E-state index in [1.807, 2.05) is 0 Å². The third-order valence-corrected chi connectivity index (χ3v) is 5.59. The molecule has 1 amide bonds. The molecular formula is C23H25F2N5O2. The highest BCUT2D eigenvalue weighted by Crippen LogP contribution is 2.16. The lowest BCUT2D eigenvalue weighted by Gasteiger charge is -2.20. The smallest absolute Gasteiger partial charge is 0.251 e. The monoisotopic (exact) mass is 441 g/mol. The first-order valence-corrected chi connectivity index (χ1v) is 10.5. The zero-order chi connectivity index (χ0) is 22.5. The van der Waals surface area contributed by atoms with E-state index in [2.05, 4.69) is 25.0 Å². The summed E-state index contributed by atoms with van der Waals surface area (Å²) in [4.78, 5) is 14.5. The molecule has 1 N–H and O–H groups in total. The first-order valence-electron chi connectivity index (χ1n) is 10.5. The van der Waals surface area contributed by atoms with Gasteiger partial charge in [0.2, 0.25) is 0 Å². The van der Waals surface area contributed by atoms with Crippen LogP contribution in [0.4, 0.5) is 8.78 Å². The standard InChI is InChI=1S/C23H25F2N5O2/c1-32-19-6-3-16(4-7-19)23(31)26-10-8-21-27-28-22-9-11-29(12-13-30(21)22)15-17-2-5-18(24)14-20(17)25/h2-7,14H,8-13,15H2,1H3,(H,26,31). The second-order valence-electron chi connectivity index (χ2n) is 7.68. The quantitative estimate of drug-likeness (QED) is 0.610. The highest BCUT2D eigenvalue weighted by molar-refractivity contribution is 5.94. The van der Waals surface area contributed by atoms with Gasteiger partial charge in [-0.2, -0.15) is 0 Å². The van der Waals surface area contributed by atoms with E-state index in [-0.39, 0.29) is 5.91 Å². The number of methoxy groups -OCH3 is 1. The topological polar surface area (TPSA) is 72.3 Å². The zero-order valence-corrected chi connectivity index (χ0v) is 17.9. The Bertz CT molecular complexity index is 1080. The van der Waals surface area contributed by atoms with E-state index < -0.39 is 11.6 Å². The van der Waals surface area contributed by atoms with Crippen LogP contribution in [-0.2, 0) is 25.9 Å². The Labute approximate surface area is 185 Å². The highest BCUT2D eigenvalue weighted by Gasteiger charge is 2.20. The Morgan fingerprint density at radius 3 is 2.66 bits per heavy atom. The molecule has 0 radical (unpaired) electrons. The van der Waals surface area contributed by atoms with Gasteiger partial charge in [0.05, 0.1) is 7.11 Å². The molecule has 9 heteroatoms. The van der Waals surface area contributed by atoms with Crippen molar-refractivity contribution in [1.29, 1.82) is 0 Å².